The van der Waals surface area contributed by atoms with Crippen LogP contribution in [-0.4, -0.2) is 28.4 Å². The summed E-state index contributed by atoms with van der Waals surface area (Å²) in [4.78, 5) is 37.0. The van der Waals surface area contributed by atoms with Gasteiger partial charge in [-0.2, -0.15) is 0 Å². The summed E-state index contributed by atoms with van der Waals surface area (Å²) < 4.78 is 18.6. The predicted octanol–water partition coefficient (Wildman–Crippen LogP) is 2.66. The molecule has 6 nitrogen and oxygen atoms in total. The van der Waals surface area contributed by atoms with E-state index in [4.69, 9.17) is 9.52 Å². The van der Waals surface area contributed by atoms with Crippen LogP contribution in [0.5, 0.6) is 0 Å². The molecule has 1 aromatic heterocycles. The van der Waals surface area contributed by atoms with Gasteiger partial charge < -0.3 is 14.4 Å². The predicted molar refractivity (Wildman–Crippen MR) is 91.3 cm³/mol. The molecule has 2 aromatic carbocycles. The van der Waals surface area contributed by atoms with Crippen LogP contribution < -0.4 is 5.63 Å². The lowest BCUT2D eigenvalue weighted by molar-refractivity contribution is -0.137. The number of hydrogen-bond acceptors (Lipinski definition) is 4. The summed E-state index contributed by atoms with van der Waals surface area (Å²) in [7, 11) is 0. The quantitative estimate of drug-likeness (QED) is 0.711. The number of carboxylic acid groups (broad SMARTS) is 1. The average molecular weight is 355 g/mol. The number of rotatable bonds is 5. The largest absolute Gasteiger partial charge is 0.480 e. The van der Waals surface area contributed by atoms with Gasteiger partial charge in [-0.15, -0.1) is 0 Å². The van der Waals surface area contributed by atoms with E-state index in [2.05, 4.69) is 0 Å². The van der Waals surface area contributed by atoms with Gasteiger partial charge in [-0.05, 0) is 17.7 Å². The number of hydrogen-bond donors (Lipinski definition) is 1. The van der Waals surface area contributed by atoms with Crippen LogP contribution in [0.4, 0.5) is 4.39 Å². The Balaban J connectivity index is 2.00. The number of aliphatic carboxylic acids is 1. The summed E-state index contributed by atoms with van der Waals surface area (Å²) in [5.74, 6) is -2.73. The molecule has 7 heteroatoms. The van der Waals surface area contributed by atoms with E-state index in [9.17, 15) is 18.8 Å². The Morgan fingerprint density at radius 3 is 2.50 bits per heavy atom. The molecule has 0 fully saturated rings. The molecule has 3 rings (SSSR count). The van der Waals surface area contributed by atoms with Crippen molar-refractivity contribution in [2.24, 2.45) is 0 Å². The molecule has 0 spiro atoms. The normalized spacial score (nSPS) is 10.7. The first-order valence-electron chi connectivity index (χ1n) is 7.73. The molecule has 0 aliphatic rings. The number of para-hydroxylation sites is 1. The highest BCUT2D eigenvalue weighted by Gasteiger charge is 2.23. The topological polar surface area (TPSA) is 87.8 Å². The molecule has 0 saturated carbocycles. The van der Waals surface area contributed by atoms with Crippen LogP contribution in [0, 0.1) is 5.82 Å². The molecule has 26 heavy (non-hydrogen) atoms. The molecule has 0 aliphatic heterocycles. The summed E-state index contributed by atoms with van der Waals surface area (Å²) in [6.07, 6.45) is 0. The van der Waals surface area contributed by atoms with Crippen molar-refractivity contribution in [2.75, 3.05) is 6.54 Å². The third-order valence-corrected chi connectivity index (χ3v) is 3.77. The Kier molecular flexibility index (Phi) is 4.79. The SMILES string of the molecule is O=C(O)CN(Cc1ccccc1)C(=O)c1cc2cccc(F)c2oc1=O. The maximum Gasteiger partial charge on any atom is 0.349 e. The molecular weight excluding hydrogens is 341 g/mol. The lowest BCUT2D eigenvalue weighted by Crippen LogP contribution is -2.37. The summed E-state index contributed by atoms with van der Waals surface area (Å²) in [6, 6.07) is 14.0. The maximum absolute atomic E-state index is 13.7. The number of halogens is 1. The monoisotopic (exact) mass is 355 g/mol. The van der Waals surface area contributed by atoms with Crippen molar-refractivity contribution in [3.05, 3.63) is 82.0 Å². The van der Waals surface area contributed by atoms with Crippen molar-refractivity contribution in [3.63, 3.8) is 0 Å². The number of nitrogens with zero attached hydrogens (tertiary/aromatic N) is 1. The van der Waals surface area contributed by atoms with E-state index in [1.54, 1.807) is 30.3 Å². The Morgan fingerprint density at radius 1 is 1.08 bits per heavy atom. The number of fused-ring (bicyclic) bond motifs is 1. The van der Waals surface area contributed by atoms with E-state index in [1.807, 2.05) is 0 Å². The zero-order chi connectivity index (χ0) is 18.7. The zero-order valence-corrected chi connectivity index (χ0v) is 13.5. The summed E-state index contributed by atoms with van der Waals surface area (Å²) in [6.45, 7) is -0.582. The maximum atomic E-state index is 13.7. The first-order chi connectivity index (χ1) is 12.5. The van der Waals surface area contributed by atoms with Crippen LogP contribution >= 0.6 is 0 Å². The molecule has 0 saturated heterocycles. The van der Waals surface area contributed by atoms with Gasteiger partial charge >= 0.3 is 11.6 Å². The third-order valence-electron chi connectivity index (χ3n) is 3.77. The molecule has 0 atom stereocenters. The third kappa shape index (κ3) is 3.61. The summed E-state index contributed by atoms with van der Waals surface area (Å²) in [5, 5.41) is 9.33. The summed E-state index contributed by atoms with van der Waals surface area (Å²) in [5.41, 5.74) is -0.906. The first kappa shape index (κ1) is 17.3. The zero-order valence-electron chi connectivity index (χ0n) is 13.5. The van der Waals surface area contributed by atoms with Gasteiger partial charge in [-0.3, -0.25) is 9.59 Å². The molecule has 0 radical (unpaired) electrons. The number of amides is 1. The Morgan fingerprint density at radius 2 is 1.81 bits per heavy atom. The van der Waals surface area contributed by atoms with Crippen molar-refractivity contribution in [1.82, 2.24) is 4.90 Å². The molecule has 3 aromatic rings. The van der Waals surface area contributed by atoms with Gasteiger partial charge in [0, 0.05) is 11.9 Å². The van der Waals surface area contributed by atoms with Crippen LogP contribution in [-0.2, 0) is 11.3 Å². The van der Waals surface area contributed by atoms with Crippen LogP contribution in [0.15, 0.2) is 63.8 Å². The molecule has 1 N–H and O–H groups in total. The Labute approximate surface area is 147 Å². The highest BCUT2D eigenvalue weighted by molar-refractivity contribution is 5.98. The van der Waals surface area contributed by atoms with Crippen molar-refractivity contribution in [2.45, 2.75) is 6.54 Å². The van der Waals surface area contributed by atoms with E-state index < -0.39 is 29.9 Å². The lowest BCUT2D eigenvalue weighted by atomic mass is 10.1. The Bertz CT molecular complexity index is 1030. The fourth-order valence-corrected chi connectivity index (χ4v) is 2.59. The fraction of sp³-hybridized carbons (Fsp3) is 0.105. The average Bonchev–Trinajstić information content (AvgIpc) is 2.61. The van der Waals surface area contributed by atoms with Crippen LogP contribution in [0.1, 0.15) is 15.9 Å². The van der Waals surface area contributed by atoms with Gasteiger partial charge in [-0.1, -0.05) is 42.5 Å². The van der Waals surface area contributed by atoms with E-state index >= 15 is 0 Å². The smallest absolute Gasteiger partial charge is 0.349 e. The second kappa shape index (κ2) is 7.18. The minimum Gasteiger partial charge on any atom is -0.480 e. The minimum atomic E-state index is -1.22. The van der Waals surface area contributed by atoms with Crippen LogP contribution in [0.3, 0.4) is 0 Å². The molecule has 1 amide bonds. The Hall–Kier alpha value is -3.48. The van der Waals surface area contributed by atoms with Crippen LogP contribution in [0.2, 0.25) is 0 Å². The van der Waals surface area contributed by atoms with Gasteiger partial charge in [0.2, 0.25) is 0 Å². The summed E-state index contributed by atoms with van der Waals surface area (Å²) >= 11 is 0. The van der Waals surface area contributed by atoms with Crippen molar-refractivity contribution < 1.29 is 23.5 Å². The fourth-order valence-electron chi connectivity index (χ4n) is 2.59. The van der Waals surface area contributed by atoms with Gasteiger partial charge in [0.25, 0.3) is 5.91 Å². The van der Waals surface area contributed by atoms with Gasteiger partial charge in [0.05, 0.1) is 0 Å². The number of carbonyl (C=O) groups is 2. The standard InChI is InChI=1S/C19H14FNO5/c20-15-8-4-7-13-9-14(19(25)26-17(13)15)18(24)21(11-16(22)23)10-12-5-2-1-3-6-12/h1-9H,10-11H2,(H,22,23). The van der Waals surface area contributed by atoms with Gasteiger partial charge in [0.15, 0.2) is 11.4 Å². The molecule has 132 valence electrons. The first-order valence-corrected chi connectivity index (χ1v) is 7.73. The van der Waals surface area contributed by atoms with Crippen molar-refractivity contribution in [1.29, 1.82) is 0 Å². The van der Waals surface area contributed by atoms with Crippen molar-refractivity contribution >= 4 is 22.8 Å². The second-order valence-corrected chi connectivity index (χ2v) is 5.65. The van der Waals surface area contributed by atoms with E-state index in [0.29, 0.717) is 5.56 Å². The van der Waals surface area contributed by atoms with E-state index in [-0.39, 0.29) is 23.1 Å². The van der Waals surface area contributed by atoms with Gasteiger partial charge in [0.1, 0.15) is 12.1 Å². The molecule has 1 heterocycles. The molecule has 0 aliphatic carbocycles. The minimum absolute atomic E-state index is 0.00655. The highest BCUT2D eigenvalue weighted by atomic mass is 19.1. The number of carbonyl (C=O) groups excluding carboxylic acids is 1. The van der Waals surface area contributed by atoms with Crippen LogP contribution in [0.25, 0.3) is 11.0 Å². The highest BCUT2D eigenvalue weighted by Crippen LogP contribution is 2.18. The van der Waals surface area contributed by atoms with Gasteiger partial charge in [-0.25, -0.2) is 9.18 Å². The number of carboxylic acids is 1. The van der Waals surface area contributed by atoms with Crippen molar-refractivity contribution in [3.8, 4) is 0 Å². The van der Waals surface area contributed by atoms with E-state index in [1.165, 1.54) is 18.2 Å². The molecular formula is C19H14FNO5. The molecule has 0 bridgehead atoms. The second-order valence-electron chi connectivity index (χ2n) is 5.65. The lowest BCUT2D eigenvalue weighted by Gasteiger charge is -2.20. The molecule has 0 unspecified atom stereocenters. The number of benzene rings is 2. The van der Waals surface area contributed by atoms with E-state index in [0.717, 1.165) is 11.0 Å².